The second kappa shape index (κ2) is 6.48. The molecule has 0 atom stereocenters. The van der Waals surface area contributed by atoms with Crippen LogP contribution >= 0.6 is 0 Å². The molecule has 120 valence electrons. The molecule has 0 unspecified atom stereocenters. The third-order valence-electron chi connectivity index (χ3n) is 4.29. The summed E-state index contributed by atoms with van der Waals surface area (Å²) in [6.45, 7) is 6.46. The molecule has 2 saturated heterocycles. The maximum Gasteiger partial charge on any atom is 0.306 e. The Bertz CT molecular complexity index is 538. The van der Waals surface area contributed by atoms with E-state index >= 15 is 0 Å². The zero-order chi connectivity index (χ0) is 15.5. The fraction of sp³-hybridized carbons (Fsp3) is 0.667. The molecule has 1 aromatic rings. The van der Waals surface area contributed by atoms with E-state index in [-0.39, 0.29) is 5.92 Å². The first-order chi connectivity index (χ1) is 10.6. The average Bonchev–Trinajstić information content (AvgIpc) is 2.55. The van der Waals surface area contributed by atoms with Crippen LogP contribution in [0.5, 0.6) is 0 Å². The summed E-state index contributed by atoms with van der Waals surface area (Å²) in [5.41, 5.74) is 0.937. The Morgan fingerprint density at radius 3 is 2.50 bits per heavy atom. The SMILES string of the molecule is Cc1cc(N2CCC(C(=O)O)CC2)nc(N2CCOCC2)n1. The molecule has 0 amide bonds. The molecule has 0 radical (unpaired) electrons. The predicted molar refractivity (Wildman–Crippen MR) is 82.4 cm³/mol. The molecule has 3 heterocycles. The number of aliphatic carboxylic acids is 1. The highest BCUT2D eigenvalue weighted by Crippen LogP contribution is 2.24. The topological polar surface area (TPSA) is 78.8 Å². The van der Waals surface area contributed by atoms with Gasteiger partial charge in [0.15, 0.2) is 0 Å². The van der Waals surface area contributed by atoms with Crippen molar-refractivity contribution in [3.63, 3.8) is 0 Å². The number of hydrogen-bond donors (Lipinski definition) is 1. The maximum absolute atomic E-state index is 11.0. The fourth-order valence-corrected chi connectivity index (χ4v) is 2.96. The lowest BCUT2D eigenvalue weighted by atomic mass is 9.97. The van der Waals surface area contributed by atoms with Crippen molar-refractivity contribution >= 4 is 17.7 Å². The molecule has 2 fully saturated rings. The Hall–Kier alpha value is -1.89. The van der Waals surface area contributed by atoms with Gasteiger partial charge in [-0.3, -0.25) is 4.79 Å². The number of aryl methyl sites for hydroxylation is 1. The van der Waals surface area contributed by atoms with E-state index in [0.717, 1.165) is 43.6 Å². The molecule has 7 nitrogen and oxygen atoms in total. The van der Waals surface area contributed by atoms with Crippen LogP contribution in [0.15, 0.2) is 6.07 Å². The number of hydrogen-bond acceptors (Lipinski definition) is 6. The summed E-state index contributed by atoms with van der Waals surface area (Å²) >= 11 is 0. The molecule has 2 aliphatic rings. The summed E-state index contributed by atoms with van der Waals surface area (Å²) < 4.78 is 5.37. The van der Waals surface area contributed by atoms with Crippen LogP contribution in [-0.2, 0) is 9.53 Å². The van der Waals surface area contributed by atoms with Gasteiger partial charge in [-0.1, -0.05) is 0 Å². The van der Waals surface area contributed by atoms with Crippen molar-refractivity contribution in [1.82, 2.24) is 9.97 Å². The number of morpholine rings is 1. The predicted octanol–water partition coefficient (Wildman–Crippen LogP) is 0.923. The van der Waals surface area contributed by atoms with Crippen molar-refractivity contribution in [1.29, 1.82) is 0 Å². The van der Waals surface area contributed by atoms with E-state index in [4.69, 9.17) is 9.84 Å². The first kappa shape index (κ1) is 15.0. The van der Waals surface area contributed by atoms with Crippen molar-refractivity contribution in [2.75, 3.05) is 49.2 Å². The van der Waals surface area contributed by atoms with E-state index in [9.17, 15) is 4.79 Å². The normalized spacial score (nSPS) is 20.2. The molecule has 0 aromatic carbocycles. The molecule has 0 aliphatic carbocycles. The third kappa shape index (κ3) is 3.30. The summed E-state index contributed by atoms with van der Waals surface area (Å²) in [5, 5.41) is 9.09. The highest BCUT2D eigenvalue weighted by Gasteiger charge is 2.26. The number of anilines is 2. The molecule has 2 aliphatic heterocycles. The fourth-order valence-electron chi connectivity index (χ4n) is 2.96. The van der Waals surface area contributed by atoms with Gasteiger partial charge in [0.05, 0.1) is 19.1 Å². The molecule has 1 N–H and O–H groups in total. The number of rotatable bonds is 3. The molecule has 0 saturated carbocycles. The smallest absolute Gasteiger partial charge is 0.306 e. The highest BCUT2D eigenvalue weighted by atomic mass is 16.5. The molecule has 1 aromatic heterocycles. The zero-order valence-corrected chi connectivity index (χ0v) is 12.9. The second-order valence-electron chi connectivity index (χ2n) is 5.87. The molecule has 0 bridgehead atoms. The van der Waals surface area contributed by atoms with E-state index in [1.807, 2.05) is 13.0 Å². The number of carboxylic acid groups (broad SMARTS) is 1. The van der Waals surface area contributed by atoms with Crippen molar-refractivity contribution in [3.05, 3.63) is 11.8 Å². The average molecular weight is 306 g/mol. The van der Waals surface area contributed by atoms with Gasteiger partial charge in [-0.2, -0.15) is 4.98 Å². The van der Waals surface area contributed by atoms with Crippen molar-refractivity contribution in [2.24, 2.45) is 5.92 Å². The molecule has 22 heavy (non-hydrogen) atoms. The number of carboxylic acids is 1. The van der Waals surface area contributed by atoms with Crippen LogP contribution in [0.25, 0.3) is 0 Å². The van der Waals surface area contributed by atoms with Gasteiger partial charge in [0, 0.05) is 37.9 Å². The van der Waals surface area contributed by atoms with E-state index < -0.39 is 5.97 Å². The minimum Gasteiger partial charge on any atom is -0.481 e. The van der Waals surface area contributed by atoms with Gasteiger partial charge in [0.1, 0.15) is 5.82 Å². The van der Waals surface area contributed by atoms with Gasteiger partial charge < -0.3 is 19.6 Å². The Morgan fingerprint density at radius 2 is 1.86 bits per heavy atom. The standard InChI is InChI=1S/C15H22N4O3/c1-11-10-13(18-4-2-12(3-5-18)14(20)21)17-15(16-11)19-6-8-22-9-7-19/h10,12H,2-9H2,1H3,(H,20,21). The van der Waals surface area contributed by atoms with Crippen LogP contribution in [0.2, 0.25) is 0 Å². The molecular weight excluding hydrogens is 284 g/mol. The zero-order valence-electron chi connectivity index (χ0n) is 12.9. The quantitative estimate of drug-likeness (QED) is 0.889. The number of aromatic nitrogens is 2. The van der Waals surface area contributed by atoms with Crippen LogP contribution < -0.4 is 9.80 Å². The molecule has 3 rings (SSSR count). The Morgan fingerprint density at radius 1 is 1.18 bits per heavy atom. The van der Waals surface area contributed by atoms with Gasteiger partial charge in [-0.25, -0.2) is 4.98 Å². The first-order valence-electron chi connectivity index (χ1n) is 7.79. The van der Waals surface area contributed by atoms with E-state index in [1.54, 1.807) is 0 Å². The largest absolute Gasteiger partial charge is 0.481 e. The van der Waals surface area contributed by atoms with Crippen LogP contribution in [0, 0.1) is 12.8 Å². The minimum atomic E-state index is -0.687. The lowest BCUT2D eigenvalue weighted by Gasteiger charge is -2.32. The molecular formula is C15H22N4O3. The van der Waals surface area contributed by atoms with Crippen LogP contribution in [0.1, 0.15) is 18.5 Å². The van der Waals surface area contributed by atoms with Crippen molar-refractivity contribution < 1.29 is 14.6 Å². The third-order valence-corrected chi connectivity index (χ3v) is 4.29. The number of nitrogens with zero attached hydrogens (tertiary/aromatic N) is 4. The summed E-state index contributed by atoms with van der Waals surface area (Å²) in [4.78, 5) is 24.6. The van der Waals surface area contributed by atoms with Crippen LogP contribution in [0.3, 0.4) is 0 Å². The summed E-state index contributed by atoms with van der Waals surface area (Å²) in [6.07, 6.45) is 1.34. The maximum atomic E-state index is 11.0. The Labute approximate surface area is 129 Å². The van der Waals surface area contributed by atoms with E-state index in [2.05, 4.69) is 19.8 Å². The number of piperidine rings is 1. The Kier molecular flexibility index (Phi) is 4.42. The first-order valence-corrected chi connectivity index (χ1v) is 7.79. The summed E-state index contributed by atoms with van der Waals surface area (Å²) in [7, 11) is 0. The van der Waals surface area contributed by atoms with E-state index in [1.165, 1.54) is 0 Å². The highest BCUT2D eigenvalue weighted by molar-refractivity contribution is 5.70. The van der Waals surface area contributed by atoms with Crippen molar-refractivity contribution in [3.8, 4) is 0 Å². The second-order valence-corrected chi connectivity index (χ2v) is 5.87. The van der Waals surface area contributed by atoms with E-state index in [0.29, 0.717) is 26.1 Å². The molecule has 0 spiro atoms. The summed E-state index contributed by atoms with van der Waals surface area (Å²) in [5.74, 6) is 0.738. The van der Waals surface area contributed by atoms with Gasteiger partial charge in [0.25, 0.3) is 0 Å². The lowest BCUT2D eigenvalue weighted by molar-refractivity contribution is -0.142. The molecule has 7 heteroatoms. The van der Waals surface area contributed by atoms with Crippen molar-refractivity contribution in [2.45, 2.75) is 19.8 Å². The van der Waals surface area contributed by atoms with Gasteiger partial charge in [-0.15, -0.1) is 0 Å². The summed E-state index contributed by atoms with van der Waals surface area (Å²) in [6, 6.07) is 1.98. The van der Waals surface area contributed by atoms with Crippen LogP contribution in [0.4, 0.5) is 11.8 Å². The van der Waals surface area contributed by atoms with Gasteiger partial charge in [0.2, 0.25) is 5.95 Å². The van der Waals surface area contributed by atoms with Gasteiger partial charge >= 0.3 is 5.97 Å². The lowest BCUT2D eigenvalue weighted by Crippen LogP contribution is -2.39. The van der Waals surface area contributed by atoms with Gasteiger partial charge in [-0.05, 0) is 19.8 Å². The number of carbonyl (C=O) groups is 1. The monoisotopic (exact) mass is 306 g/mol. The Balaban J connectivity index is 1.74. The van der Waals surface area contributed by atoms with Crippen LogP contribution in [-0.4, -0.2) is 60.4 Å². The number of ether oxygens (including phenoxy) is 1. The minimum absolute atomic E-state index is 0.224.